The predicted molar refractivity (Wildman–Crippen MR) is 70.6 cm³/mol. The molecular formula is C13H26N2O3. The maximum Gasteiger partial charge on any atom is 0.327 e. The van der Waals surface area contributed by atoms with Crippen molar-refractivity contribution in [1.82, 2.24) is 10.2 Å². The van der Waals surface area contributed by atoms with Crippen LogP contribution in [0.2, 0.25) is 0 Å². The number of ether oxygens (including phenoxy) is 2. The lowest BCUT2D eigenvalue weighted by atomic mass is 10.0. The molecule has 1 unspecified atom stereocenters. The van der Waals surface area contributed by atoms with E-state index in [1.165, 1.54) is 0 Å². The SMILES string of the molecule is CCNC(C)(CN1CCCOCC1)C(=O)OCC. The Morgan fingerprint density at radius 2 is 2.17 bits per heavy atom. The number of nitrogens with one attached hydrogen (secondary N) is 1. The molecule has 106 valence electrons. The summed E-state index contributed by atoms with van der Waals surface area (Å²) in [5, 5.41) is 3.25. The van der Waals surface area contributed by atoms with Crippen LogP contribution in [0.25, 0.3) is 0 Å². The number of carbonyl (C=O) groups is 1. The van der Waals surface area contributed by atoms with E-state index in [-0.39, 0.29) is 5.97 Å². The molecule has 0 saturated carbocycles. The van der Waals surface area contributed by atoms with Gasteiger partial charge in [0.05, 0.1) is 13.2 Å². The second-order valence-corrected chi connectivity index (χ2v) is 4.82. The minimum Gasteiger partial charge on any atom is -0.465 e. The minimum atomic E-state index is -0.630. The van der Waals surface area contributed by atoms with Crippen molar-refractivity contribution in [3.8, 4) is 0 Å². The number of hydrogen-bond donors (Lipinski definition) is 1. The Hall–Kier alpha value is -0.650. The zero-order valence-electron chi connectivity index (χ0n) is 11.8. The largest absolute Gasteiger partial charge is 0.465 e. The molecule has 0 aliphatic carbocycles. The van der Waals surface area contributed by atoms with Gasteiger partial charge in [0.2, 0.25) is 0 Å². The van der Waals surface area contributed by atoms with Crippen LogP contribution in [0.3, 0.4) is 0 Å². The highest BCUT2D eigenvalue weighted by molar-refractivity contribution is 5.80. The molecule has 0 aromatic rings. The molecule has 18 heavy (non-hydrogen) atoms. The molecule has 1 heterocycles. The second kappa shape index (κ2) is 7.71. The average molecular weight is 258 g/mol. The van der Waals surface area contributed by atoms with E-state index < -0.39 is 5.54 Å². The van der Waals surface area contributed by atoms with Gasteiger partial charge in [-0.25, -0.2) is 0 Å². The van der Waals surface area contributed by atoms with E-state index in [4.69, 9.17) is 9.47 Å². The molecule has 1 N–H and O–H groups in total. The van der Waals surface area contributed by atoms with Gasteiger partial charge in [-0.05, 0) is 26.8 Å². The van der Waals surface area contributed by atoms with Gasteiger partial charge in [0.1, 0.15) is 5.54 Å². The Kier molecular flexibility index (Phi) is 6.60. The Morgan fingerprint density at radius 1 is 1.39 bits per heavy atom. The number of hydrogen-bond acceptors (Lipinski definition) is 5. The number of nitrogens with zero attached hydrogens (tertiary/aromatic N) is 1. The normalized spacial score (nSPS) is 21.1. The van der Waals surface area contributed by atoms with Crippen molar-refractivity contribution in [2.75, 3.05) is 46.0 Å². The molecule has 5 nitrogen and oxygen atoms in total. The van der Waals surface area contributed by atoms with Crippen LogP contribution < -0.4 is 5.32 Å². The lowest BCUT2D eigenvalue weighted by Crippen LogP contribution is -2.57. The number of esters is 1. The third-order valence-corrected chi connectivity index (χ3v) is 3.15. The van der Waals surface area contributed by atoms with Crippen molar-refractivity contribution in [1.29, 1.82) is 0 Å². The summed E-state index contributed by atoms with van der Waals surface area (Å²) >= 11 is 0. The molecule has 0 aromatic carbocycles. The summed E-state index contributed by atoms with van der Waals surface area (Å²) in [5.74, 6) is -0.169. The molecule has 0 spiro atoms. The predicted octanol–water partition coefficient (Wildman–Crippen LogP) is 0.640. The summed E-state index contributed by atoms with van der Waals surface area (Å²) < 4.78 is 10.6. The van der Waals surface area contributed by atoms with Crippen LogP contribution in [-0.2, 0) is 14.3 Å². The Balaban J connectivity index is 2.61. The topological polar surface area (TPSA) is 50.8 Å². The first-order valence-corrected chi connectivity index (χ1v) is 6.84. The summed E-state index contributed by atoms with van der Waals surface area (Å²) in [6.45, 7) is 11.0. The maximum absolute atomic E-state index is 12.1. The fourth-order valence-corrected chi connectivity index (χ4v) is 2.28. The molecule has 0 aromatic heterocycles. The van der Waals surface area contributed by atoms with E-state index >= 15 is 0 Å². The molecule has 0 amide bonds. The highest BCUT2D eigenvalue weighted by Crippen LogP contribution is 2.11. The van der Waals surface area contributed by atoms with Gasteiger partial charge in [-0.1, -0.05) is 6.92 Å². The first kappa shape index (κ1) is 15.4. The molecular weight excluding hydrogens is 232 g/mol. The van der Waals surface area contributed by atoms with E-state index in [1.807, 2.05) is 20.8 Å². The van der Waals surface area contributed by atoms with Gasteiger partial charge in [0.25, 0.3) is 0 Å². The highest BCUT2D eigenvalue weighted by Gasteiger charge is 2.35. The van der Waals surface area contributed by atoms with Gasteiger partial charge in [0.15, 0.2) is 0 Å². The van der Waals surface area contributed by atoms with E-state index in [0.29, 0.717) is 13.2 Å². The quantitative estimate of drug-likeness (QED) is 0.709. The van der Waals surface area contributed by atoms with Gasteiger partial charge in [-0.15, -0.1) is 0 Å². The number of carbonyl (C=O) groups excluding carboxylic acids is 1. The molecule has 0 radical (unpaired) electrons. The maximum atomic E-state index is 12.1. The molecule has 0 bridgehead atoms. The minimum absolute atomic E-state index is 0.169. The zero-order chi connectivity index (χ0) is 13.4. The van der Waals surface area contributed by atoms with Crippen LogP contribution in [0.15, 0.2) is 0 Å². The van der Waals surface area contributed by atoms with Crippen LogP contribution in [0, 0.1) is 0 Å². The fourth-order valence-electron chi connectivity index (χ4n) is 2.28. The molecule has 1 saturated heterocycles. The van der Waals surface area contributed by atoms with Crippen molar-refractivity contribution < 1.29 is 14.3 Å². The van der Waals surface area contributed by atoms with Gasteiger partial charge >= 0.3 is 5.97 Å². The summed E-state index contributed by atoms with van der Waals surface area (Å²) in [6.07, 6.45) is 1.02. The molecule has 1 aliphatic heterocycles. The first-order valence-electron chi connectivity index (χ1n) is 6.84. The summed E-state index contributed by atoms with van der Waals surface area (Å²) in [6, 6.07) is 0. The van der Waals surface area contributed by atoms with Gasteiger partial charge in [-0.3, -0.25) is 9.69 Å². The van der Waals surface area contributed by atoms with E-state index in [9.17, 15) is 4.79 Å². The molecule has 1 fully saturated rings. The smallest absolute Gasteiger partial charge is 0.327 e. The third-order valence-electron chi connectivity index (χ3n) is 3.15. The Labute approximate surface area is 110 Å². The van der Waals surface area contributed by atoms with E-state index in [0.717, 1.165) is 39.3 Å². The monoisotopic (exact) mass is 258 g/mol. The van der Waals surface area contributed by atoms with Gasteiger partial charge in [-0.2, -0.15) is 0 Å². The summed E-state index contributed by atoms with van der Waals surface area (Å²) in [7, 11) is 0. The van der Waals surface area contributed by atoms with Crippen LogP contribution in [-0.4, -0.2) is 62.4 Å². The van der Waals surface area contributed by atoms with E-state index in [1.54, 1.807) is 0 Å². The second-order valence-electron chi connectivity index (χ2n) is 4.82. The van der Waals surface area contributed by atoms with Crippen molar-refractivity contribution in [3.05, 3.63) is 0 Å². The molecule has 5 heteroatoms. The third kappa shape index (κ3) is 4.55. The van der Waals surface area contributed by atoms with Crippen molar-refractivity contribution in [3.63, 3.8) is 0 Å². The van der Waals surface area contributed by atoms with Gasteiger partial charge in [0, 0.05) is 26.2 Å². The Morgan fingerprint density at radius 3 is 2.83 bits per heavy atom. The van der Waals surface area contributed by atoms with Crippen molar-refractivity contribution in [2.24, 2.45) is 0 Å². The van der Waals surface area contributed by atoms with Crippen LogP contribution in [0.5, 0.6) is 0 Å². The average Bonchev–Trinajstić information content (AvgIpc) is 2.58. The summed E-state index contributed by atoms with van der Waals surface area (Å²) in [4.78, 5) is 14.3. The highest BCUT2D eigenvalue weighted by atomic mass is 16.5. The molecule has 1 aliphatic rings. The van der Waals surface area contributed by atoms with Crippen LogP contribution in [0.4, 0.5) is 0 Å². The van der Waals surface area contributed by atoms with E-state index in [2.05, 4.69) is 10.2 Å². The zero-order valence-corrected chi connectivity index (χ0v) is 11.8. The lowest BCUT2D eigenvalue weighted by Gasteiger charge is -2.33. The fraction of sp³-hybridized carbons (Fsp3) is 0.923. The van der Waals surface area contributed by atoms with Gasteiger partial charge < -0.3 is 14.8 Å². The van der Waals surface area contributed by atoms with Crippen LogP contribution >= 0.6 is 0 Å². The number of likely N-dealkylation sites (N-methyl/N-ethyl adjacent to an activating group) is 1. The van der Waals surface area contributed by atoms with Crippen molar-refractivity contribution >= 4 is 5.97 Å². The lowest BCUT2D eigenvalue weighted by molar-refractivity contribution is -0.151. The number of rotatable bonds is 6. The standard InChI is InChI=1S/C13H26N2O3/c1-4-14-13(3,12(16)18-5-2)11-15-7-6-9-17-10-8-15/h14H,4-11H2,1-3H3. The summed E-state index contributed by atoms with van der Waals surface area (Å²) in [5.41, 5.74) is -0.630. The Bertz CT molecular complexity index is 253. The van der Waals surface area contributed by atoms with Crippen molar-refractivity contribution in [2.45, 2.75) is 32.7 Å². The molecule has 1 rings (SSSR count). The van der Waals surface area contributed by atoms with Crippen LogP contribution in [0.1, 0.15) is 27.2 Å². The molecule has 1 atom stereocenters. The first-order chi connectivity index (χ1) is 8.62.